The summed E-state index contributed by atoms with van der Waals surface area (Å²) in [6.07, 6.45) is 9.48. The summed E-state index contributed by atoms with van der Waals surface area (Å²) < 4.78 is 0. The fourth-order valence-electron chi connectivity index (χ4n) is 0.204. The van der Waals surface area contributed by atoms with E-state index in [0.29, 0.717) is 0 Å². The average Bonchev–Trinajstić information content (AvgIpc) is 2.61. The molecule has 0 rings (SSSR count). The minimum Gasteiger partial charge on any atom is -0.103 e. The SMILES string of the molecule is C=C(C)C.C=C(C)CC.C=CCC.CC(C)C.CC=C(C)C.CC=C(C)CC. The maximum absolute atomic E-state index is 3.67. The van der Waals surface area contributed by atoms with Gasteiger partial charge in [-0.2, -0.15) is 0 Å². The molecule has 170 valence electrons. The van der Waals surface area contributed by atoms with E-state index in [2.05, 4.69) is 101 Å². The summed E-state index contributed by atoms with van der Waals surface area (Å²) in [6, 6.07) is 0. The van der Waals surface area contributed by atoms with Crippen molar-refractivity contribution in [2.24, 2.45) is 5.92 Å². The molecule has 0 radical (unpaired) electrons. The molecule has 0 fully saturated rings. The third kappa shape index (κ3) is 234. The number of hydrogen-bond donors (Lipinski definition) is 0. The summed E-state index contributed by atoms with van der Waals surface area (Å²) in [6.45, 7) is 39.9. The average molecular weight is 395 g/mol. The molecule has 0 unspecified atom stereocenters. The molecule has 0 atom stereocenters. The summed E-state index contributed by atoms with van der Waals surface area (Å²) in [4.78, 5) is 0. The van der Waals surface area contributed by atoms with Crippen molar-refractivity contribution in [1.29, 1.82) is 0 Å². The van der Waals surface area contributed by atoms with E-state index in [1.165, 1.54) is 28.7 Å². The van der Waals surface area contributed by atoms with Gasteiger partial charge in [0.15, 0.2) is 0 Å². The van der Waals surface area contributed by atoms with Crippen LogP contribution in [-0.2, 0) is 0 Å². The van der Waals surface area contributed by atoms with Crippen LogP contribution in [0.15, 0.2) is 60.3 Å². The van der Waals surface area contributed by atoms with E-state index in [9.17, 15) is 0 Å². The topological polar surface area (TPSA) is 0 Å². The van der Waals surface area contributed by atoms with E-state index in [0.717, 1.165) is 18.8 Å². The van der Waals surface area contributed by atoms with Gasteiger partial charge in [-0.05, 0) is 80.6 Å². The van der Waals surface area contributed by atoms with Crippen LogP contribution in [0.25, 0.3) is 0 Å². The maximum Gasteiger partial charge on any atom is -0.0352 e. The lowest BCUT2D eigenvalue weighted by molar-refractivity contribution is 0.737. The van der Waals surface area contributed by atoms with Gasteiger partial charge in [0, 0.05) is 0 Å². The van der Waals surface area contributed by atoms with Crippen molar-refractivity contribution in [3.8, 4) is 0 Å². The van der Waals surface area contributed by atoms with Crippen molar-refractivity contribution < 1.29 is 0 Å². The molecule has 0 aliphatic carbocycles. The van der Waals surface area contributed by atoms with Gasteiger partial charge in [0.25, 0.3) is 0 Å². The first kappa shape index (κ1) is 41.2. The molecule has 0 aliphatic heterocycles. The summed E-state index contributed by atoms with van der Waals surface area (Å²) in [5.41, 5.74) is 5.27. The van der Waals surface area contributed by atoms with Gasteiger partial charge in [0.2, 0.25) is 0 Å². The molecule has 0 saturated carbocycles. The van der Waals surface area contributed by atoms with Crippen LogP contribution in [0.1, 0.15) is 116 Å². The molecule has 0 spiro atoms. The molecule has 0 heteroatoms. The molecule has 28 heavy (non-hydrogen) atoms. The van der Waals surface area contributed by atoms with Crippen molar-refractivity contribution in [1.82, 2.24) is 0 Å². The zero-order valence-electron chi connectivity index (χ0n) is 22.6. The van der Waals surface area contributed by atoms with Crippen molar-refractivity contribution in [2.75, 3.05) is 0 Å². The normalized spacial score (nSPS) is 8.32. The minimum atomic E-state index is 0.833. The maximum atomic E-state index is 3.67. The van der Waals surface area contributed by atoms with Crippen LogP contribution in [0, 0.1) is 5.92 Å². The summed E-state index contributed by atoms with van der Waals surface area (Å²) in [7, 11) is 0. The highest BCUT2D eigenvalue weighted by molar-refractivity contribution is 4.93. The zero-order chi connectivity index (χ0) is 24.1. The standard InChI is InChI=1S/C6H12.2C5H10.C4H10.2C4H8/c1-4-6(3)5-2;2*1-4-5(2)3;2*1-4(2)3;1-3-4-2/h4H,5H2,1-3H3;4H,1-3H3;2,4H2,1,3H3;4H,1-3H3;1H2,2-3H3;3H,1,4H2,2H3. The third-order valence-electron chi connectivity index (χ3n) is 2.52. The second-order valence-corrected chi connectivity index (χ2v) is 7.80. The molecular weight excluding hydrogens is 336 g/mol. The molecule has 0 heterocycles. The largest absolute Gasteiger partial charge is 0.103 e. The van der Waals surface area contributed by atoms with Gasteiger partial charge in [0.05, 0.1) is 0 Å². The second-order valence-electron chi connectivity index (χ2n) is 7.80. The first-order chi connectivity index (χ1) is 12.7. The third-order valence-corrected chi connectivity index (χ3v) is 2.52. The van der Waals surface area contributed by atoms with Crippen LogP contribution in [0.3, 0.4) is 0 Å². The Kier molecular flexibility index (Phi) is 59.4. The minimum absolute atomic E-state index is 0.833. The molecule has 0 saturated heterocycles. The molecule has 0 bridgehead atoms. The molecule has 0 aromatic carbocycles. The van der Waals surface area contributed by atoms with Crippen molar-refractivity contribution in [3.05, 3.63) is 60.3 Å². The van der Waals surface area contributed by atoms with Crippen LogP contribution in [-0.4, -0.2) is 0 Å². The van der Waals surface area contributed by atoms with Gasteiger partial charge in [-0.3, -0.25) is 0 Å². The molecular formula is C28H58. The second kappa shape index (κ2) is 40.4. The fraction of sp³-hybridized carbons (Fsp3) is 0.643. The van der Waals surface area contributed by atoms with Gasteiger partial charge in [-0.25, -0.2) is 0 Å². The van der Waals surface area contributed by atoms with Gasteiger partial charge in [-0.15, -0.1) is 19.7 Å². The Morgan fingerprint density at radius 3 is 0.964 bits per heavy atom. The van der Waals surface area contributed by atoms with Crippen molar-refractivity contribution in [2.45, 2.75) is 116 Å². The number of allylic oxidation sites excluding steroid dienone is 7. The summed E-state index contributed by atoms with van der Waals surface area (Å²) in [5, 5.41) is 0. The van der Waals surface area contributed by atoms with Gasteiger partial charge in [-0.1, -0.05) is 82.1 Å². The lowest BCUT2D eigenvalue weighted by Gasteiger charge is -1.85. The molecule has 0 N–H and O–H groups in total. The van der Waals surface area contributed by atoms with E-state index in [1.807, 2.05) is 33.8 Å². The number of hydrogen-bond acceptors (Lipinski definition) is 0. The first-order valence-electron chi connectivity index (χ1n) is 10.8. The van der Waals surface area contributed by atoms with E-state index in [4.69, 9.17) is 0 Å². The van der Waals surface area contributed by atoms with Crippen LogP contribution in [0.4, 0.5) is 0 Å². The molecule has 0 amide bonds. The lowest BCUT2D eigenvalue weighted by atomic mass is 10.2. The summed E-state index contributed by atoms with van der Waals surface area (Å²) in [5.74, 6) is 0.833. The quantitative estimate of drug-likeness (QED) is 0.417. The molecule has 0 aromatic heterocycles. The van der Waals surface area contributed by atoms with Crippen LogP contribution in [0.5, 0.6) is 0 Å². The Morgan fingerprint density at radius 2 is 0.964 bits per heavy atom. The molecule has 0 nitrogen and oxygen atoms in total. The van der Waals surface area contributed by atoms with Crippen LogP contribution >= 0.6 is 0 Å². The Labute approximate surface area is 182 Å². The van der Waals surface area contributed by atoms with Gasteiger partial charge < -0.3 is 0 Å². The Balaban J connectivity index is -0.0000000523. The Morgan fingerprint density at radius 1 is 0.750 bits per heavy atom. The predicted molar refractivity (Wildman–Crippen MR) is 141 cm³/mol. The monoisotopic (exact) mass is 394 g/mol. The molecule has 0 aliphatic rings. The highest BCUT2D eigenvalue weighted by Crippen LogP contribution is 1.94. The molecule has 0 aromatic rings. The van der Waals surface area contributed by atoms with Crippen LogP contribution in [0.2, 0.25) is 0 Å². The van der Waals surface area contributed by atoms with Crippen molar-refractivity contribution in [3.63, 3.8) is 0 Å². The van der Waals surface area contributed by atoms with E-state index in [-0.39, 0.29) is 0 Å². The lowest BCUT2D eigenvalue weighted by Crippen LogP contribution is -1.66. The van der Waals surface area contributed by atoms with Gasteiger partial charge >= 0.3 is 0 Å². The zero-order valence-corrected chi connectivity index (χ0v) is 22.6. The Hall–Kier alpha value is -1.30. The van der Waals surface area contributed by atoms with Crippen molar-refractivity contribution >= 4 is 0 Å². The highest BCUT2D eigenvalue weighted by Gasteiger charge is 1.73. The predicted octanol–water partition coefficient (Wildman–Crippen LogP) is 11.1. The van der Waals surface area contributed by atoms with E-state index >= 15 is 0 Å². The highest BCUT2D eigenvalue weighted by atomic mass is 13.8. The Bertz CT molecular complexity index is 351. The fourth-order valence-corrected chi connectivity index (χ4v) is 0.204. The van der Waals surface area contributed by atoms with Crippen LogP contribution < -0.4 is 0 Å². The first-order valence-corrected chi connectivity index (χ1v) is 10.8. The number of rotatable bonds is 3. The van der Waals surface area contributed by atoms with Gasteiger partial charge in [0.1, 0.15) is 0 Å². The van der Waals surface area contributed by atoms with E-state index < -0.39 is 0 Å². The van der Waals surface area contributed by atoms with E-state index in [1.54, 1.807) is 0 Å². The smallest absolute Gasteiger partial charge is 0.0352 e. The summed E-state index contributed by atoms with van der Waals surface area (Å²) >= 11 is 0.